The Morgan fingerprint density at radius 1 is 1.20 bits per heavy atom. The molecular formula is C13H31N3O4. The molecule has 0 saturated heterocycles. The second kappa shape index (κ2) is 17.8. The SMILES string of the molecule is CC.CC.CNC(CC(C)O)OC(=O)CCC(=O)NN. The number of hydrogen-bond acceptors (Lipinski definition) is 6. The van der Waals surface area contributed by atoms with E-state index in [0.717, 1.165) is 0 Å². The molecule has 5 N–H and O–H groups in total. The third-order valence-corrected chi connectivity index (χ3v) is 1.87. The van der Waals surface area contributed by atoms with Crippen LogP contribution in [0, 0.1) is 0 Å². The van der Waals surface area contributed by atoms with Crippen LogP contribution in [-0.4, -0.2) is 36.4 Å². The lowest BCUT2D eigenvalue weighted by molar-refractivity contribution is -0.152. The van der Waals surface area contributed by atoms with Gasteiger partial charge in [-0.2, -0.15) is 0 Å². The summed E-state index contributed by atoms with van der Waals surface area (Å²) in [4.78, 5) is 22.0. The van der Waals surface area contributed by atoms with Crippen LogP contribution in [0.2, 0.25) is 0 Å². The van der Waals surface area contributed by atoms with Crippen molar-refractivity contribution in [3.05, 3.63) is 0 Å². The minimum Gasteiger partial charge on any atom is -0.446 e. The molecular weight excluding hydrogens is 262 g/mol. The summed E-state index contributed by atoms with van der Waals surface area (Å²) in [5, 5.41) is 11.8. The maximum atomic E-state index is 11.2. The molecule has 0 bridgehead atoms. The monoisotopic (exact) mass is 293 g/mol. The number of amides is 1. The van der Waals surface area contributed by atoms with Crippen molar-refractivity contribution in [3.63, 3.8) is 0 Å². The van der Waals surface area contributed by atoms with Gasteiger partial charge in [0.25, 0.3) is 0 Å². The second-order valence-corrected chi connectivity index (χ2v) is 3.42. The number of rotatable bonds is 7. The van der Waals surface area contributed by atoms with Crippen LogP contribution in [0.25, 0.3) is 0 Å². The highest BCUT2D eigenvalue weighted by Gasteiger charge is 2.15. The molecule has 0 rings (SSSR count). The molecule has 0 aliphatic heterocycles. The van der Waals surface area contributed by atoms with Gasteiger partial charge in [0.15, 0.2) is 6.23 Å². The van der Waals surface area contributed by atoms with Gasteiger partial charge in [0, 0.05) is 12.8 Å². The van der Waals surface area contributed by atoms with Crippen molar-refractivity contribution in [3.8, 4) is 0 Å². The Morgan fingerprint density at radius 3 is 2.05 bits per heavy atom. The van der Waals surface area contributed by atoms with Gasteiger partial charge in [0.05, 0.1) is 12.5 Å². The summed E-state index contributed by atoms with van der Waals surface area (Å²) in [5.41, 5.74) is 1.92. The molecule has 0 spiro atoms. The van der Waals surface area contributed by atoms with Crippen molar-refractivity contribution in [1.82, 2.24) is 10.7 Å². The van der Waals surface area contributed by atoms with Crippen LogP contribution in [0.3, 0.4) is 0 Å². The van der Waals surface area contributed by atoms with E-state index in [4.69, 9.17) is 15.7 Å². The molecule has 1 amide bonds. The highest BCUT2D eigenvalue weighted by molar-refractivity contribution is 5.80. The number of aliphatic hydroxyl groups is 1. The zero-order valence-electron chi connectivity index (χ0n) is 13.5. The topological polar surface area (TPSA) is 114 Å². The van der Waals surface area contributed by atoms with E-state index >= 15 is 0 Å². The molecule has 20 heavy (non-hydrogen) atoms. The van der Waals surface area contributed by atoms with Crippen molar-refractivity contribution in [2.24, 2.45) is 5.84 Å². The van der Waals surface area contributed by atoms with Gasteiger partial charge in [-0.25, -0.2) is 5.84 Å². The fourth-order valence-corrected chi connectivity index (χ4v) is 1.04. The lowest BCUT2D eigenvalue weighted by Gasteiger charge is -2.18. The maximum absolute atomic E-state index is 11.2. The molecule has 7 heteroatoms. The average molecular weight is 293 g/mol. The van der Waals surface area contributed by atoms with Gasteiger partial charge < -0.3 is 9.84 Å². The zero-order valence-corrected chi connectivity index (χ0v) is 13.5. The van der Waals surface area contributed by atoms with E-state index in [2.05, 4.69) is 5.32 Å². The normalized spacial score (nSPS) is 11.8. The van der Waals surface area contributed by atoms with E-state index in [-0.39, 0.29) is 12.8 Å². The smallest absolute Gasteiger partial charge is 0.307 e. The van der Waals surface area contributed by atoms with E-state index in [1.165, 1.54) is 0 Å². The molecule has 2 atom stereocenters. The number of hydrazine groups is 1. The number of ether oxygens (including phenoxy) is 1. The van der Waals surface area contributed by atoms with Crippen molar-refractivity contribution in [2.45, 2.75) is 66.2 Å². The molecule has 0 aliphatic rings. The standard InChI is InChI=1S/C9H19N3O4.2C2H6/c1-6(13)5-8(11-2)16-9(15)4-3-7(14)12-10;2*1-2/h6,8,11,13H,3-5,10H2,1-2H3,(H,12,14);2*1-2H3. The maximum Gasteiger partial charge on any atom is 0.307 e. The lowest BCUT2D eigenvalue weighted by atomic mass is 10.2. The lowest BCUT2D eigenvalue weighted by Crippen LogP contribution is -2.34. The summed E-state index contributed by atoms with van der Waals surface area (Å²) in [6, 6.07) is 0. The molecule has 0 fully saturated rings. The van der Waals surface area contributed by atoms with Gasteiger partial charge in [0.2, 0.25) is 5.91 Å². The van der Waals surface area contributed by atoms with Crippen molar-refractivity contribution in [2.75, 3.05) is 7.05 Å². The quantitative estimate of drug-likeness (QED) is 0.180. The van der Waals surface area contributed by atoms with Crippen LogP contribution >= 0.6 is 0 Å². The molecule has 0 saturated carbocycles. The summed E-state index contributed by atoms with van der Waals surface area (Å²) in [7, 11) is 1.62. The Balaban J connectivity index is -0.000000656. The van der Waals surface area contributed by atoms with E-state index in [1.807, 2.05) is 33.1 Å². The van der Waals surface area contributed by atoms with Gasteiger partial charge in [-0.3, -0.25) is 20.3 Å². The fraction of sp³-hybridized carbons (Fsp3) is 0.846. The number of carbonyl (C=O) groups is 2. The molecule has 2 unspecified atom stereocenters. The van der Waals surface area contributed by atoms with Crippen molar-refractivity contribution >= 4 is 11.9 Å². The van der Waals surface area contributed by atoms with Crippen LogP contribution < -0.4 is 16.6 Å². The van der Waals surface area contributed by atoms with E-state index in [9.17, 15) is 9.59 Å². The number of nitrogens with one attached hydrogen (secondary N) is 2. The third-order valence-electron chi connectivity index (χ3n) is 1.87. The van der Waals surface area contributed by atoms with Crippen LogP contribution in [-0.2, 0) is 14.3 Å². The van der Waals surface area contributed by atoms with Crippen LogP contribution in [0.5, 0.6) is 0 Å². The predicted molar refractivity (Wildman–Crippen MR) is 79.5 cm³/mol. The summed E-state index contributed by atoms with van der Waals surface area (Å²) in [6.07, 6.45) is -0.877. The Hall–Kier alpha value is -1.18. The van der Waals surface area contributed by atoms with Crippen molar-refractivity contribution in [1.29, 1.82) is 0 Å². The largest absolute Gasteiger partial charge is 0.446 e. The predicted octanol–water partition coefficient (Wildman–Crippen LogP) is 0.669. The first-order valence-electron chi connectivity index (χ1n) is 7.03. The molecule has 7 nitrogen and oxygen atoms in total. The Labute approximate surface area is 122 Å². The summed E-state index contributed by atoms with van der Waals surface area (Å²) < 4.78 is 4.97. The van der Waals surface area contributed by atoms with Crippen LogP contribution in [0.15, 0.2) is 0 Å². The number of nitrogens with two attached hydrogens (primary N) is 1. The Morgan fingerprint density at radius 2 is 1.70 bits per heavy atom. The summed E-state index contributed by atoms with van der Waals surface area (Å²) in [5.74, 6) is 3.92. The average Bonchev–Trinajstić information content (AvgIpc) is 2.47. The minimum absolute atomic E-state index is 0.0134. The first-order chi connectivity index (χ1) is 9.49. The first kappa shape index (κ1) is 23.9. The first-order valence-corrected chi connectivity index (χ1v) is 7.03. The summed E-state index contributed by atoms with van der Waals surface area (Å²) in [6.45, 7) is 9.60. The van der Waals surface area contributed by atoms with Crippen LogP contribution in [0.1, 0.15) is 53.9 Å². The van der Waals surface area contributed by atoms with Gasteiger partial charge in [-0.15, -0.1) is 0 Å². The number of aliphatic hydroxyl groups excluding tert-OH is 1. The highest BCUT2D eigenvalue weighted by atomic mass is 16.6. The second-order valence-electron chi connectivity index (χ2n) is 3.42. The molecule has 0 aromatic carbocycles. The summed E-state index contributed by atoms with van der Waals surface area (Å²) >= 11 is 0. The Bertz CT molecular complexity index is 236. The number of esters is 1. The van der Waals surface area contributed by atoms with E-state index in [1.54, 1.807) is 14.0 Å². The minimum atomic E-state index is -0.572. The third kappa shape index (κ3) is 16.8. The molecule has 0 radical (unpaired) electrons. The van der Waals surface area contributed by atoms with Gasteiger partial charge in [-0.05, 0) is 14.0 Å². The molecule has 0 aromatic rings. The number of carbonyl (C=O) groups excluding carboxylic acids is 2. The molecule has 0 aliphatic carbocycles. The van der Waals surface area contributed by atoms with Gasteiger partial charge >= 0.3 is 5.97 Å². The Kier molecular flexibility index (Phi) is 21.3. The number of hydrogen-bond donors (Lipinski definition) is 4. The molecule has 0 aromatic heterocycles. The highest BCUT2D eigenvalue weighted by Crippen LogP contribution is 2.02. The molecule has 122 valence electrons. The zero-order chi connectivity index (χ0) is 16.6. The van der Waals surface area contributed by atoms with Gasteiger partial charge in [0.1, 0.15) is 0 Å². The van der Waals surface area contributed by atoms with Crippen molar-refractivity contribution < 1.29 is 19.4 Å². The van der Waals surface area contributed by atoms with E-state index < -0.39 is 24.2 Å². The fourth-order valence-electron chi connectivity index (χ4n) is 1.04. The van der Waals surface area contributed by atoms with E-state index in [0.29, 0.717) is 6.42 Å². The van der Waals surface area contributed by atoms with Crippen LogP contribution in [0.4, 0.5) is 0 Å². The van der Waals surface area contributed by atoms with Gasteiger partial charge in [-0.1, -0.05) is 27.7 Å². The molecule has 0 heterocycles.